The molecule has 0 spiro atoms. The van der Waals surface area contributed by atoms with Crippen molar-refractivity contribution >= 4 is 108 Å². The number of hydrogen-bond acceptors (Lipinski definition) is 27. The number of aliphatic hydroxyl groups is 3. The van der Waals surface area contributed by atoms with Gasteiger partial charge in [0, 0.05) is 64.9 Å². The summed E-state index contributed by atoms with van der Waals surface area (Å²) in [5.74, 6) is -4.42. The van der Waals surface area contributed by atoms with Crippen LogP contribution >= 0.6 is 57.3 Å². The number of likely N-dealkylation sites (N-methyl/N-ethyl adjacent to an activating group) is 1. The Morgan fingerprint density at radius 2 is 1.39 bits per heavy atom. The average Bonchev–Trinajstić information content (AvgIpc) is 0.760. The number of carboxylic acids is 1. The van der Waals surface area contributed by atoms with Crippen molar-refractivity contribution in [3.8, 4) is 6.07 Å². The van der Waals surface area contributed by atoms with E-state index in [0.717, 1.165) is 23.2 Å². The number of carbonyl (C=O) groups excluding carboxylic acids is 7. The summed E-state index contributed by atoms with van der Waals surface area (Å²) < 4.78 is 44.7. The molecule has 11 atom stereocenters. The van der Waals surface area contributed by atoms with Crippen molar-refractivity contribution in [1.29, 1.82) is 5.26 Å². The number of rotatable bonds is 51. The van der Waals surface area contributed by atoms with Gasteiger partial charge in [0.2, 0.25) is 11.8 Å². The van der Waals surface area contributed by atoms with Crippen LogP contribution in [-0.2, 0) is 76.3 Å². The fourth-order valence-corrected chi connectivity index (χ4v) is 16.7. The molecule has 97 heavy (non-hydrogen) atoms. The molecule has 1 fully saturated rings. The van der Waals surface area contributed by atoms with Gasteiger partial charge in [-0.15, -0.1) is 11.8 Å². The number of thiocarbonyl (C=S) groups is 1. The average molecular weight is 1460 g/mol. The number of carbonyl (C=O) groups is 8. The summed E-state index contributed by atoms with van der Waals surface area (Å²) in [5.41, 5.74) is -8.74. The van der Waals surface area contributed by atoms with Gasteiger partial charge in [0.1, 0.15) is 63.3 Å². The zero-order valence-electron chi connectivity index (χ0n) is 58.9. The first kappa shape index (κ1) is 88.9. The summed E-state index contributed by atoms with van der Waals surface area (Å²) in [4.78, 5) is 118. The first-order valence-electron chi connectivity index (χ1n) is 33.2. The van der Waals surface area contributed by atoms with Crippen LogP contribution in [0.3, 0.4) is 0 Å². The highest BCUT2D eigenvalue weighted by molar-refractivity contribution is 8.76. The number of ketones is 1. The molecule has 1 aliphatic rings. The number of nitriles is 1. The van der Waals surface area contributed by atoms with Gasteiger partial charge in [0.05, 0.1) is 66.2 Å². The number of unbranched alkanes of at least 4 members (excludes halogenated alkanes) is 4. The second kappa shape index (κ2) is 45.6. The second-order valence-corrected chi connectivity index (χ2v) is 32.6. The van der Waals surface area contributed by atoms with Gasteiger partial charge in [0.25, 0.3) is 0 Å². The maximum atomic E-state index is 15.1. The van der Waals surface area contributed by atoms with Crippen molar-refractivity contribution in [3.63, 3.8) is 0 Å². The molecule has 2 amide bonds. The number of aromatic nitrogens is 1. The lowest BCUT2D eigenvalue weighted by atomic mass is 9.58. The summed E-state index contributed by atoms with van der Waals surface area (Å²) in [5, 5.41) is 58.9. The minimum Gasteiger partial charge on any atom is -0.481 e. The minimum atomic E-state index is -1.89. The number of Topliss-reactive ketones (excluding diaryl/α,β-unsaturated/α-hetero) is 1. The van der Waals surface area contributed by atoms with E-state index in [9.17, 15) is 54.5 Å². The summed E-state index contributed by atoms with van der Waals surface area (Å²) in [7, 11) is 7.83. The number of hydrogen-bond donors (Lipinski definition) is 6. The smallest absolute Gasteiger partial charge is 0.322 e. The monoisotopic (exact) mass is 1460 g/mol. The van der Waals surface area contributed by atoms with E-state index in [2.05, 4.69) is 21.7 Å². The number of thioether (sulfide) groups is 2. The molecule has 0 aromatic carbocycles. The highest BCUT2D eigenvalue weighted by Crippen LogP contribution is 2.55. The molecule has 6 N–H and O–H groups in total. The van der Waals surface area contributed by atoms with Crippen molar-refractivity contribution < 1.29 is 96.7 Å². The van der Waals surface area contributed by atoms with E-state index in [0.29, 0.717) is 60.1 Å². The van der Waals surface area contributed by atoms with Crippen LogP contribution in [0, 0.1) is 38.4 Å². The first-order chi connectivity index (χ1) is 45.8. The Labute approximate surface area is 595 Å². The molecule has 1 aromatic rings. The number of carboxylic acid groups (broad SMARTS) is 1. The number of aliphatic hydroxyl groups excluding tert-OH is 3. The number of pyridine rings is 1. The SMILES string of the molecule is CCCCOC(=O)C(C)(CC(C)(CC(C)(CC(C)(C#N)CCC(=O)NCCOCCC(=O)CCCCCCO[C@@H]1O[C@H](CO)[C@H](O)[C@H](O)[C@@H]1NC(C)=O)C(=O)OCCOC)C(=O)OCCN(C)C)CC(CC)(CC(C)(SC(=S)SCC)C(=O)OCCSSc1ccccn1)C(=O)O. The zero-order valence-corrected chi connectivity index (χ0v) is 63.0. The minimum absolute atomic E-state index is 0.00525. The third-order valence-corrected chi connectivity index (χ3v) is 21.6. The highest BCUT2D eigenvalue weighted by atomic mass is 33.1. The van der Waals surface area contributed by atoms with Crippen LogP contribution in [0.4, 0.5) is 0 Å². The normalized spacial score (nSPS) is 20.0. The molecule has 1 saturated heterocycles. The zero-order chi connectivity index (χ0) is 72.9. The molecule has 0 aliphatic carbocycles. The van der Waals surface area contributed by atoms with Crippen molar-refractivity contribution in [2.24, 2.45) is 27.1 Å². The quantitative estimate of drug-likeness (QED) is 0.0117. The standard InChI is InChI=1S/C67H109N5O20S5/c1-13-16-31-88-59(83)65(8,44-67(14-2,56(79)80)45-66(9,96-61(93)94-15-3)60(84)91-38-39-95-97-51-24-20-21-28-70-51)43-64(7,58(82)89-35-30-72(10)11)42-63(6,57(81)90-37-36-85-12)41-62(5,46-68)27-25-50(76)69-29-34-86-33-26-48(75)23-19-17-18-22-32-87-55-52(71-47(4)74)54(78)53(77)49(40-73)92-55/h20-21,24,28,49,52-55,73,77-78H,13-19,22-23,25-27,29-45H2,1-12H3,(H,69,76)(H,71,74)(H,79,80)/t49-,52+,53+,54-,55-,62?,63?,64?,65?,66?,67?/m1/s1. The molecule has 2 heterocycles. The van der Waals surface area contributed by atoms with E-state index in [1.807, 2.05) is 26.0 Å². The topological polar surface area (TPSA) is 355 Å². The van der Waals surface area contributed by atoms with Crippen molar-refractivity contribution in [1.82, 2.24) is 20.5 Å². The number of esters is 4. The lowest BCUT2D eigenvalue weighted by Crippen LogP contribution is -2.64. The lowest BCUT2D eigenvalue weighted by molar-refractivity contribution is -0.270. The van der Waals surface area contributed by atoms with Gasteiger partial charge in [0.15, 0.2) is 6.29 Å². The molecule has 25 nitrogen and oxygen atoms in total. The Morgan fingerprint density at radius 3 is 1.98 bits per heavy atom. The van der Waals surface area contributed by atoms with Crippen LogP contribution in [0.15, 0.2) is 29.4 Å². The fraction of sp³-hybridized carbons (Fsp3) is 0.776. The Bertz CT molecular complexity index is 2670. The third kappa shape index (κ3) is 31.7. The largest absolute Gasteiger partial charge is 0.481 e. The van der Waals surface area contributed by atoms with Gasteiger partial charge >= 0.3 is 29.8 Å². The number of nitrogens with one attached hydrogen (secondary N) is 2. The van der Waals surface area contributed by atoms with Gasteiger partial charge < -0.3 is 73.9 Å². The number of amides is 2. The van der Waals surface area contributed by atoms with Crippen molar-refractivity contribution in [2.45, 2.75) is 205 Å². The van der Waals surface area contributed by atoms with Crippen LogP contribution in [0.25, 0.3) is 0 Å². The Morgan fingerprint density at radius 1 is 0.753 bits per heavy atom. The van der Waals surface area contributed by atoms with E-state index < -0.39 is 130 Å². The van der Waals surface area contributed by atoms with Gasteiger partial charge in [-0.1, -0.05) is 80.9 Å². The molecule has 0 saturated carbocycles. The van der Waals surface area contributed by atoms with Gasteiger partial charge in [-0.3, -0.25) is 38.4 Å². The summed E-state index contributed by atoms with van der Waals surface area (Å²) >= 11 is 8.08. The molecule has 2 rings (SSSR count). The van der Waals surface area contributed by atoms with E-state index >= 15 is 9.59 Å². The van der Waals surface area contributed by atoms with Crippen LogP contribution in [0.1, 0.15) is 165 Å². The second-order valence-electron chi connectivity index (χ2n) is 26.2. The summed E-state index contributed by atoms with van der Waals surface area (Å²) in [6, 6.07) is 6.80. The van der Waals surface area contributed by atoms with Crippen molar-refractivity contribution in [2.75, 3.05) is 105 Å². The molecular weight excluding hydrogens is 1360 g/mol. The predicted molar refractivity (Wildman–Crippen MR) is 377 cm³/mol. The predicted octanol–water partition coefficient (Wildman–Crippen LogP) is 8.30. The van der Waals surface area contributed by atoms with Crippen LogP contribution in [-0.4, -0.2) is 222 Å². The van der Waals surface area contributed by atoms with E-state index in [4.69, 9.17) is 50.1 Å². The van der Waals surface area contributed by atoms with Crippen molar-refractivity contribution in [3.05, 3.63) is 24.4 Å². The van der Waals surface area contributed by atoms with Gasteiger partial charge in [-0.05, 0) is 142 Å². The molecule has 552 valence electrons. The Hall–Kier alpha value is -4.23. The molecule has 1 aliphatic heterocycles. The number of aliphatic carboxylic acids is 1. The molecule has 6 unspecified atom stereocenters. The van der Waals surface area contributed by atoms with E-state index in [-0.39, 0.29) is 104 Å². The van der Waals surface area contributed by atoms with Gasteiger partial charge in [-0.25, -0.2) is 4.98 Å². The van der Waals surface area contributed by atoms with E-state index in [1.54, 1.807) is 59.0 Å². The first-order valence-corrected chi connectivity index (χ1v) is 37.7. The fourth-order valence-electron chi connectivity index (χ4n) is 11.8. The molecule has 0 radical (unpaired) electrons. The number of ether oxygens (including phenoxy) is 8. The highest BCUT2D eigenvalue weighted by Gasteiger charge is 2.58. The molecule has 0 bridgehead atoms. The Balaban J connectivity index is 2.37. The van der Waals surface area contributed by atoms with E-state index in [1.165, 1.54) is 61.2 Å². The van der Waals surface area contributed by atoms with Crippen LogP contribution in [0.2, 0.25) is 0 Å². The molecular formula is C67H109N5O20S5. The molecule has 1 aromatic heterocycles. The van der Waals surface area contributed by atoms with Crippen LogP contribution in [0.5, 0.6) is 0 Å². The van der Waals surface area contributed by atoms with Gasteiger partial charge in [-0.2, -0.15) is 5.26 Å². The Kier molecular flexibility index (Phi) is 41.8. The third-order valence-electron chi connectivity index (χ3n) is 16.7. The summed E-state index contributed by atoms with van der Waals surface area (Å²) in [6.45, 7) is 14.4. The lowest BCUT2D eigenvalue weighted by Gasteiger charge is -2.45. The summed E-state index contributed by atoms with van der Waals surface area (Å²) in [6.07, 6.45) is -1.36. The maximum Gasteiger partial charge on any atom is 0.322 e. The number of methoxy groups -OCH3 is 1. The number of nitrogens with zero attached hydrogens (tertiary/aromatic N) is 3. The molecule has 30 heteroatoms. The maximum absolute atomic E-state index is 15.1. The van der Waals surface area contributed by atoms with Crippen LogP contribution < -0.4 is 10.6 Å².